The van der Waals surface area contributed by atoms with E-state index >= 15 is 0 Å². The van der Waals surface area contributed by atoms with Gasteiger partial charge >= 0.3 is 6.18 Å². The van der Waals surface area contributed by atoms with Gasteiger partial charge in [-0.25, -0.2) is 4.98 Å². The fourth-order valence-electron chi connectivity index (χ4n) is 5.43. The van der Waals surface area contributed by atoms with Crippen LogP contribution in [0, 0.1) is 18.3 Å². The van der Waals surface area contributed by atoms with Gasteiger partial charge in [0.15, 0.2) is 0 Å². The molecule has 0 aliphatic carbocycles. The van der Waals surface area contributed by atoms with Crippen LogP contribution >= 0.6 is 0 Å². The monoisotopic (exact) mass is 581 g/mol. The summed E-state index contributed by atoms with van der Waals surface area (Å²) in [6, 6.07) is 5.88. The van der Waals surface area contributed by atoms with Gasteiger partial charge in [-0.05, 0) is 38.7 Å². The standard InChI is InChI=1S/C28H30F3N9O2/c1-5-22(41)39-12-11-37(14-18(39)9-10-32)25-20-13-33-40(21-8-6-7-17(2)23(21)28(29,30)31)26(42)24(20)34-27(35-25)38-15-19(16-38)36(3)4/h5-8,13,18-19H,1,9,11-12,14-16H2,2-4H3. The lowest BCUT2D eigenvalue weighted by Crippen LogP contribution is -2.58. The second kappa shape index (κ2) is 11.1. The summed E-state index contributed by atoms with van der Waals surface area (Å²) in [5.74, 6) is 0.350. The van der Waals surface area contributed by atoms with Crippen molar-refractivity contribution in [2.75, 3.05) is 56.6 Å². The van der Waals surface area contributed by atoms with Crippen LogP contribution in [0.1, 0.15) is 17.5 Å². The summed E-state index contributed by atoms with van der Waals surface area (Å²) >= 11 is 0. The number of carbonyl (C=O) groups excluding carboxylic acids is 1. The molecule has 2 aromatic heterocycles. The number of benzene rings is 1. The van der Waals surface area contributed by atoms with Crippen molar-refractivity contribution in [3.8, 4) is 11.8 Å². The molecule has 0 spiro atoms. The van der Waals surface area contributed by atoms with Crippen molar-refractivity contribution in [1.29, 1.82) is 5.26 Å². The number of amides is 1. The van der Waals surface area contributed by atoms with Crippen LogP contribution in [0.15, 0.2) is 41.8 Å². The molecule has 0 N–H and O–H groups in total. The van der Waals surface area contributed by atoms with Crippen molar-refractivity contribution in [1.82, 2.24) is 29.5 Å². The van der Waals surface area contributed by atoms with Crippen LogP contribution in [0.3, 0.4) is 0 Å². The largest absolute Gasteiger partial charge is 0.418 e. The Labute approximate surface area is 240 Å². The zero-order valence-corrected chi connectivity index (χ0v) is 23.5. The number of piperazine rings is 1. The minimum Gasteiger partial charge on any atom is -0.352 e. The maximum atomic E-state index is 14.0. The SMILES string of the molecule is C=CC(=O)N1CCN(c2nc(N3CC(N(C)C)C3)nc3c(=O)n(-c4cccc(C)c4C(F)(F)F)ncc23)CC1CC#N. The predicted molar refractivity (Wildman–Crippen MR) is 150 cm³/mol. The molecule has 4 heterocycles. The van der Waals surface area contributed by atoms with Gasteiger partial charge < -0.3 is 19.6 Å². The lowest BCUT2D eigenvalue weighted by Gasteiger charge is -2.43. The van der Waals surface area contributed by atoms with E-state index in [2.05, 4.69) is 27.6 Å². The minimum atomic E-state index is -4.71. The van der Waals surface area contributed by atoms with Gasteiger partial charge in [-0.15, -0.1) is 0 Å². The Morgan fingerprint density at radius 1 is 1.19 bits per heavy atom. The molecule has 2 aliphatic rings. The number of alkyl halides is 3. The molecule has 3 aromatic rings. The van der Waals surface area contributed by atoms with Gasteiger partial charge in [0, 0.05) is 38.8 Å². The van der Waals surface area contributed by atoms with E-state index in [1.54, 1.807) is 4.90 Å². The smallest absolute Gasteiger partial charge is 0.352 e. The predicted octanol–water partition coefficient (Wildman–Crippen LogP) is 2.37. The van der Waals surface area contributed by atoms with Crippen LogP contribution < -0.4 is 15.4 Å². The van der Waals surface area contributed by atoms with Gasteiger partial charge in [0.1, 0.15) is 11.3 Å². The number of aromatic nitrogens is 4. The Hall–Kier alpha value is -4.51. The van der Waals surface area contributed by atoms with E-state index in [0.29, 0.717) is 25.5 Å². The number of nitrogens with zero attached hydrogens (tertiary/aromatic N) is 9. The third-order valence-electron chi connectivity index (χ3n) is 7.82. The topological polar surface area (TPSA) is 114 Å². The molecule has 1 unspecified atom stereocenters. The first kappa shape index (κ1) is 29.0. The van der Waals surface area contributed by atoms with E-state index in [-0.39, 0.29) is 53.9 Å². The highest BCUT2D eigenvalue weighted by Crippen LogP contribution is 2.36. The second-order valence-electron chi connectivity index (χ2n) is 10.7. The number of nitriles is 1. The molecule has 2 saturated heterocycles. The van der Waals surface area contributed by atoms with E-state index in [9.17, 15) is 28.0 Å². The number of halogens is 3. The normalized spacial score (nSPS) is 17.9. The zero-order chi connectivity index (χ0) is 30.3. The molecule has 2 aliphatic heterocycles. The highest BCUT2D eigenvalue weighted by molar-refractivity contribution is 5.90. The highest BCUT2D eigenvalue weighted by Gasteiger charge is 2.37. The molecule has 0 radical (unpaired) electrons. The molecule has 1 amide bonds. The van der Waals surface area contributed by atoms with E-state index in [1.807, 2.05) is 23.9 Å². The molecule has 2 fully saturated rings. The molecule has 42 heavy (non-hydrogen) atoms. The summed E-state index contributed by atoms with van der Waals surface area (Å²) in [4.78, 5) is 43.0. The fraction of sp³-hybridized carbons (Fsp3) is 0.429. The minimum absolute atomic E-state index is 0.0383. The second-order valence-corrected chi connectivity index (χ2v) is 10.7. The number of anilines is 2. The van der Waals surface area contributed by atoms with E-state index < -0.39 is 29.0 Å². The van der Waals surface area contributed by atoms with Crippen molar-refractivity contribution in [2.24, 2.45) is 0 Å². The first-order valence-electron chi connectivity index (χ1n) is 13.4. The first-order chi connectivity index (χ1) is 19.9. The summed E-state index contributed by atoms with van der Waals surface area (Å²) in [5.41, 5.74) is -2.27. The number of likely N-dealkylation sites (N-methyl/N-ethyl adjacent to an activating group) is 1. The van der Waals surface area contributed by atoms with Crippen LogP contribution in [0.2, 0.25) is 0 Å². The molecule has 0 saturated carbocycles. The Kier molecular flexibility index (Phi) is 7.63. The van der Waals surface area contributed by atoms with E-state index in [4.69, 9.17) is 4.98 Å². The van der Waals surface area contributed by atoms with Gasteiger partial charge in [-0.1, -0.05) is 18.7 Å². The molecule has 14 heteroatoms. The van der Waals surface area contributed by atoms with Crippen molar-refractivity contribution in [3.05, 3.63) is 58.5 Å². The van der Waals surface area contributed by atoms with Crippen LogP contribution in [0.4, 0.5) is 24.9 Å². The zero-order valence-electron chi connectivity index (χ0n) is 23.5. The number of hydrogen-bond donors (Lipinski definition) is 0. The summed E-state index contributed by atoms with van der Waals surface area (Å²) < 4.78 is 42.9. The van der Waals surface area contributed by atoms with Crippen molar-refractivity contribution in [2.45, 2.75) is 31.6 Å². The number of carbonyl (C=O) groups is 1. The summed E-state index contributed by atoms with van der Waals surface area (Å²) in [6.45, 7) is 6.96. The third-order valence-corrected chi connectivity index (χ3v) is 7.82. The van der Waals surface area contributed by atoms with E-state index in [1.165, 1.54) is 37.4 Å². The lowest BCUT2D eigenvalue weighted by molar-refractivity contribution is -0.138. The molecular formula is C28H30F3N9O2. The number of hydrogen-bond acceptors (Lipinski definition) is 9. The number of rotatable bonds is 6. The maximum Gasteiger partial charge on any atom is 0.418 e. The average molecular weight is 582 g/mol. The average Bonchev–Trinajstić information content (AvgIpc) is 2.91. The van der Waals surface area contributed by atoms with Crippen LogP contribution in [-0.2, 0) is 11.0 Å². The number of fused-ring (bicyclic) bond motifs is 1. The molecular weight excluding hydrogens is 551 g/mol. The summed E-state index contributed by atoms with van der Waals surface area (Å²) in [7, 11) is 3.91. The van der Waals surface area contributed by atoms with Crippen molar-refractivity contribution >= 4 is 28.6 Å². The van der Waals surface area contributed by atoms with Crippen molar-refractivity contribution < 1.29 is 18.0 Å². The van der Waals surface area contributed by atoms with Gasteiger partial charge in [0.05, 0.1) is 41.4 Å². The van der Waals surface area contributed by atoms with Crippen LogP contribution in [0.5, 0.6) is 0 Å². The third kappa shape index (κ3) is 5.16. The number of aryl methyl sites for hydroxylation is 1. The Morgan fingerprint density at radius 3 is 2.57 bits per heavy atom. The molecule has 5 rings (SSSR count). The van der Waals surface area contributed by atoms with Crippen molar-refractivity contribution in [3.63, 3.8) is 0 Å². The summed E-state index contributed by atoms with van der Waals surface area (Å²) in [5, 5.41) is 13.8. The highest BCUT2D eigenvalue weighted by atomic mass is 19.4. The maximum absolute atomic E-state index is 14.0. The Morgan fingerprint density at radius 2 is 1.93 bits per heavy atom. The van der Waals surface area contributed by atoms with Gasteiger partial charge in [-0.2, -0.15) is 33.2 Å². The van der Waals surface area contributed by atoms with Gasteiger partial charge in [0.25, 0.3) is 5.56 Å². The van der Waals surface area contributed by atoms with Crippen LogP contribution in [-0.4, -0.2) is 94.4 Å². The molecule has 1 aromatic carbocycles. The summed E-state index contributed by atoms with van der Waals surface area (Å²) in [6.07, 6.45) is -2.13. The van der Waals surface area contributed by atoms with Gasteiger partial charge in [-0.3, -0.25) is 9.59 Å². The van der Waals surface area contributed by atoms with Crippen LogP contribution in [0.25, 0.3) is 16.6 Å². The van der Waals surface area contributed by atoms with Gasteiger partial charge in [0.2, 0.25) is 11.9 Å². The quantitative estimate of drug-likeness (QED) is 0.405. The van der Waals surface area contributed by atoms with E-state index in [0.717, 1.165) is 4.68 Å². The molecule has 220 valence electrons. The molecule has 11 nitrogen and oxygen atoms in total. The first-order valence-corrected chi connectivity index (χ1v) is 13.4. The Balaban J connectivity index is 1.66. The Bertz CT molecular complexity index is 1640. The molecule has 1 atom stereocenters. The lowest BCUT2D eigenvalue weighted by atomic mass is 10.1. The fourth-order valence-corrected chi connectivity index (χ4v) is 5.43. The molecule has 0 bridgehead atoms.